The first-order valence-electron chi connectivity index (χ1n) is 5.50. The van der Waals surface area contributed by atoms with E-state index >= 15 is 0 Å². The third kappa shape index (κ3) is 3.51. The van der Waals surface area contributed by atoms with Crippen molar-refractivity contribution in [2.24, 2.45) is 0 Å². The monoisotopic (exact) mass is 224 g/mol. The lowest BCUT2D eigenvalue weighted by Gasteiger charge is -2.13. The summed E-state index contributed by atoms with van der Waals surface area (Å²) in [7, 11) is 3.32. The summed E-state index contributed by atoms with van der Waals surface area (Å²) in [6.45, 7) is 2.66. The van der Waals surface area contributed by atoms with Crippen molar-refractivity contribution < 1.29 is 14.6 Å². The molecule has 0 saturated carbocycles. The van der Waals surface area contributed by atoms with Gasteiger partial charge in [0.25, 0.3) is 0 Å². The number of hydrogen-bond donors (Lipinski definition) is 1. The molecule has 0 bridgehead atoms. The number of ether oxygens (including phenoxy) is 2. The highest BCUT2D eigenvalue weighted by Gasteiger charge is 2.08. The zero-order chi connectivity index (χ0) is 12.0. The molecule has 0 radical (unpaired) electrons. The predicted octanol–water partition coefficient (Wildman–Crippen LogP) is 2.46. The van der Waals surface area contributed by atoms with Crippen molar-refractivity contribution in [1.82, 2.24) is 0 Å². The van der Waals surface area contributed by atoms with E-state index in [-0.39, 0.29) is 0 Å². The average molecular weight is 224 g/mol. The number of hydrogen-bond acceptors (Lipinski definition) is 3. The molecule has 1 aromatic rings. The van der Waals surface area contributed by atoms with Crippen LogP contribution in [0.3, 0.4) is 0 Å². The van der Waals surface area contributed by atoms with Crippen molar-refractivity contribution in [3.05, 3.63) is 29.3 Å². The van der Waals surface area contributed by atoms with Crippen molar-refractivity contribution in [3.8, 4) is 5.75 Å². The van der Waals surface area contributed by atoms with E-state index in [0.29, 0.717) is 6.61 Å². The fourth-order valence-corrected chi connectivity index (χ4v) is 1.70. The molecule has 1 rings (SSSR count). The molecule has 0 saturated heterocycles. The average Bonchev–Trinajstić information content (AvgIpc) is 2.29. The second-order valence-electron chi connectivity index (χ2n) is 3.88. The summed E-state index contributed by atoms with van der Waals surface area (Å²) in [6, 6.07) is 5.77. The van der Waals surface area contributed by atoms with Gasteiger partial charge in [0, 0.05) is 13.7 Å². The summed E-state index contributed by atoms with van der Waals surface area (Å²) < 4.78 is 10.1. The van der Waals surface area contributed by atoms with Crippen LogP contribution in [0.2, 0.25) is 0 Å². The lowest BCUT2D eigenvalue weighted by Crippen LogP contribution is -2.00. The van der Waals surface area contributed by atoms with Gasteiger partial charge in [-0.1, -0.05) is 6.07 Å². The van der Waals surface area contributed by atoms with Crippen LogP contribution in [0.15, 0.2) is 18.2 Å². The van der Waals surface area contributed by atoms with Crippen molar-refractivity contribution in [3.63, 3.8) is 0 Å². The largest absolute Gasteiger partial charge is 0.496 e. The third-order valence-corrected chi connectivity index (χ3v) is 2.63. The van der Waals surface area contributed by atoms with E-state index in [0.717, 1.165) is 29.7 Å². The molecule has 0 aliphatic heterocycles. The summed E-state index contributed by atoms with van der Waals surface area (Å²) in [4.78, 5) is 0. The van der Waals surface area contributed by atoms with E-state index in [1.165, 1.54) is 0 Å². The molecule has 90 valence electrons. The number of aliphatic hydroxyl groups excluding tert-OH is 1. The van der Waals surface area contributed by atoms with Gasteiger partial charge in [0.1, 0.15) is 5.75 Å². The van der Waals surface area contributed by atoms with E-state index in [9.17, 15) is 5.11 Å². The van der Waals surface area contributed by atoms with E-state index in [4.69, 9.17) is 9.47 Å². The Balaban J connectivity index is 2.62. The first-order valence-corrected chi connectivity index (χ1v) is 5.50. The van der Waals surface area contributed by atoms with Gasteiger partial charge in [0.05, 0.1) is 13.2 Å². The second-order valence-corrected chi connectivity index (χ2v) is 3.88. The molecule has 0 aromatic heterocycles. The van der Waals surface area contributed by atoms with Crippen LogP contribution >= 0.6 is 0 Å². The van der Waals surface area contributed by atoms with Crippen LogP contribution in [-0.2, 0) is 4.74 Å². The summed E-state index contributed by atoms with van der Waals surface area (Å²) >= 11 is 0. The lowest BCUT2D eigenvalue weighted by molar-refractivity contribution is 0.136. The van der Waals surface area contributed by atoms with E-state index in [1.54, 1.807) is 14.2 Å². The number of methoxy groups -OCH3 is 2. The van der Waals surface area contributed by atoms with Gasteiger partial charge in [-0.15, -0.1) is 0 Å². The molecule has 0 fully saturated rings. The van der Waals surface area contributed by atoms with Gasteiger partial charge in [0.15, 0.2) is 0 Å². The molecule has 0 aliphatic rings. The van der Waals surface area contributed by atoms with Crippen molar-refractivity contribution in [2.45, 2.75) is 25.9 Å². The molecular weight excluding hydrogens is 204 g/mol. The zero-order valence-electron chi connectivity index (χ0n) is 10.2. The standard InChI is InChI=1S/C13H20O3/c1-10-9-11(6-7-13(10)16-3)12(14)5-4-8-15-2/h6-7,9,12,14H,4-5,8H2,1-3H3. The van der Waals surface area contributed by atoms with Gasteiger partial charge in [-0.25, -0.2) is 0 Å². The van der Waals surface area contributed by atoms with Crippen LogP contribution in [0, 0.1) is 6.92 Å². The number of aliphatic hydroxyl groups is 1. The highest BCUT2D eigenvalue weighted by molar-refractivity contribution is 5.36. The minimum absolute atomic E-state index is 0.417. The van der Waals surface area contributed by atoms with Crippen LogP contribution in [0.5, 0.6) is 5.75 Å². The van der Waals surface area contributed by atoms with Gasteiger partial charge in [-0.05, 0) is 43.0 Å². The first-order chi connectivity index (χ1) is 7.69. The van der Waals surface area contributed by atoms with Gasteiger partial charge >= 0.3 is 0 Å². The molecule has 16 heavy (non-hydrogen) atoms. The van der Waals surface area contributed by atoms with Gasteiger partial charge < -0.3 is 14.6 Å². The Morgan fingerprint density at radius 3 is 2.62 bits per heavy atom. The Hall–Kier alpha value is -1.06. The number of rotatable bonds is 6. The molecule has 3 heteroatoms. The minimum atomic E-state index is -0.417. The fraction of sp³-hybridized carbons (Fsp3) is 0.538. The number of aryl methyl sites for hydroxylation is 1. The normalized spacial score (nSPS) is 12.5. The van der Waals surface area contributed by atoms with Crippen LogP contribution < -0.4 is 4.74 Å². The smallest absolute Gasteiger partial charge is 0.121 e. The molecular formula is C13H20O3. The fourth-order valence-electron chi connectivity index (χ4n) is 1.70. The Kier molecular flexibility index (Phi) is 5.29. The molecule has 0 spiro atoms. The van der Waals surface area contributed by atoms with E-state index < -0.39 is 6.10 Å². The Morgan fingerprint density at radius 2 is 2.06 bits per heavy atom. The van der Waals surface area contributed by atoms with E-state index in [2.05, 4.69) is 0 Å². The van der Waals surface area contributed by atoms with E-state index in [1.807, 2.05) is 25.1 Å². The summed E-state index contributed by atoms with van der Waals surface area (Å²) in [6.07, 6.45) is 1.17. The molecule has 3 nitrogen and oxygen atoms in total. The van der Waals surface area contributed by atoms with Crippen molar-refractivity contribution in [2.75, 3.05) is 20.8 Å². The highest BCUT2D eigenvalue weighted by Crippen LogP contribution is 2.24. The number of benzene rings is 1. The van der Waals surface area contributed by atoms with Crippen LogP contribution in [0.1, 0.15) is 30.1 Å². The van der Waals surface area contributed by atoms with Gasteiger partial charge in [-0.2, -0.15) is 0 Å². The lowest BCUT2D eigenvalue weighted by atomic mass is 10.0. The SMILES string of the molecule is COCCCC(O)c1ccc(OC)c(C)c1. The Bertz CT molecular complexity index is 323. The Labute approximate surface area is 97.0 Å². The molecule has 0 amide bonds. The van der Waals surface area contributed by atoms with Crippen molar-refractivity contribution >= 4 is 0 Å². The van der Waals surface area contributed by atoms with Crippen molar-refractivity contribution in [1.29, 1.82) is 0 Å². The quantitative estimate of drug-likeness (QED) is 0.754. The highest BCUT2D eigenvalue weighted by atomic mass is 16.5. The topological polar surface area (TPSA) is 38.7 Å². The van der Waals surface area contributed by atoms with Crippen LogP contribution in [0.25, 0.3) is 0 Å². The summed E-state index contributed by atoms with van der Waals surface area (Å²) in [5, 5.41) is 9.94. The maximum Gasteiger partial charge on any atom is 0.121 e. The predicted molar refractivity (Wildman–Crippen MR) is 63.8 cm³/mol. The van der Waals surface area contributed by atoms with Gasteiger partial charge in [-0.3, -0.25) is 0 Å². The molecule has 1 aromatic carbocycles. The van der Waals surface area contributed by atoms with Gasteiger partial charge in [0.2, 0.25) is 0 Å². The minimum Gasteiger partial charge on any atom is -0.496 e. The second kappa shape index (κ2) is 6.51. The Morgan fingerprint density at radius 1 is 1.31 bits per heavy atom. The molecule has 1 unspecified atom stereocenters. The molecule has 0 heterocycles. The maximum atomic E-state index is 9.94. The summed E-state index contributed by atoms with van der Waals surface area (Å²) in [5.41, 5.74) is 1.99. The maximum absolute atomic E-state index is 9.94. The molecule has 1 N–H and O–H groups in total. The van der Waals surface area contributed by atoms with Crippen LogP contribution in [0.4, 0.5) is 0 Å². The molecule has 1 atom stereocenters. The summed E-state index contributed by atoms with van der Waals surface area (Å²) in [5.74, 6) is 0.854. The third-order valence-electron chi connectivity index (χ3n) is 2.63. The molecule has 0 aliphatic carbocycles. The first kappa shape index (κ1) is 13.0. The zero-order valence-corrected chi connectivity index (χ0v) is 10.2. The van der Waals surface area contributed by atoms with Crippen LogP contribution in [-0.4, -0.2) is 25.9 Å².